The molecule has 2 unspecified atom stereocenters. The molecule has 2 aromatic carbocycles. The van der Waals surface area contributed by atoms with E-state index in [0.717, 1.165) is 11.1 Å². The van der Waals surface area contributed by atoms with Crippen molar-refractivity contribution < 1.29 is 19.4 Å². The Morgan fingerprint density at radius 1 is 1.10 bits per heavy atom. The van der Waals surface area contributed by atoms with Crippen molar-refractivity contribution in [2.45, 2.75) is 52.6 Å². The van der Waals surface area contributed by atoms with Gasteiger partial charge in [0, 0.05) is 24.7 Å². The molecule has 0 saturated carbocycles. The highest BCUT2D eigenvalue weighted by Gasteiger charge is 2.22. The predicted molar refractivity (Wildman–Crippen MR) is 115 cm³/mol. The minimum absolute atomic E-state index is 0.0400. The molecule has 2 atom stereocenters. The summed E-state index contributed by atoms with van der Waals surface area (Å²) in [5, 5.41) is 19.0. The van der Waals surface area contributed by atoms with Gasteiger partial charge in [0.25, 0.3) is 0 Å². The average molecular weight is 408 g/mol. The Labute approximate surface area is 178 Å². The molecular formula is C25H29NO4. The lowest BCUT2D eigenvalue weighted by molar-refractivity contribution is -0.128. The number of hydrogen-bond acceptors (Lipinski definition) is 5. The lowest BCUT2D eigenvalue weighted by Crippen LogP contribution is -2.20. The third-order valence-electron chi connectivity index (χ3n) is 5.30. The van der Waals surface area contributed by atoms with Crippen LogP contribution in [0.2, 0.25) is 0 Å². The van der Waals surface area contributed by atoms with Gasteiger partial charge in [0.1, 0.15) is 18.2 Å². The highest BCUT2D eigenvalue weighted by Crippen LogP contribution is 2.29. The number of benzene rings is 2. The predicted octanol–water partition coefficient (Wildman–Crippen LogP) is 5.01. The second kappa shape index (κ2) is 11.8. The van der Waals surface area contributed by atoms with Gasteiger partial charge in [-0.25, -0.2) is 0 Å². The molecule has 0 aliphatic heterocycles. The zero-order valence-corrected chi connectivity index (χ0v) is 17.6. The second-order valence-corrected chi connectivity index (χ2v) is 7.69. The number of ketones is 2. The third kappa shape index (κ3) is 7.36. The van der Waals surface area contributed by atoms with Gasteiger partial charge in [0.15, 0.2) is 11.5 Å². The fourth-order valence-corrected chi connectivity index (χ4v) is 3.25. The van der Waals surface area contributed by atoms with Crippen molar-refractivity contribution in [3.63, 3.8) is 0 Å². The van der Waals surface area contributed by atoms with Crippen LogP contribution in [0.25, 0.3) is 0 Å². The van der Waals surface area contributed by atoms with Gasteiger partial charge in [-0.3, -0.25) is 9.59 Å². The number of phenols is 1. The first-order chi connectivity index (χ1) is 14.4. The number of rotatable bonds is 12. The van der Waals surface area contributed by atoms with E-state index < -0.39 is 0 Å². The van der Waals surface area contributed by atoms with Crippen LogP contribution in [-0.2, 0) is 22.6 Å². The number of Topliss-reactive ketones (excluding diaryl/α,β-unsaturated/α-hetero) is 2. The molecule has 0 saturated heterocycles. The Bertz CT molecular complexity index is 886. The van der Waals surface area contributed by atoms with Crippen molar-refractivity contribution in [2.24, 2.45) is 11.8 Å². The maximum Gasteiger partial charge on any atom is 0.161 e. The van der Waals surface area contributed by atoms with Crippen LogP contribution in [0.3, 0.4) is 0 Å². The van der Waals surface area contributed by atoms with E-state index in [1.54, 1.807) is 12.1 Å². The summed E-state index contributed by atoms with van der Waals surface area (Å²) in [6, 6.07) is 17.1. The van der Waals surface area contributed by atoms with Gasteiger partial charge in [0.2, 0.25) is 0 Å². The van der Waals surface area contributed by atoms with Crippen LogP contribution in [0, 0.1) is 23.2 Å². The van der Waals surface area contributed by atoms with Crippen molar-refractivity contribution in [1.29, 1.82) is 5.26 Å². The van der Waals surface area contributed by atoms with E-state index in [-0.39, 0.29) is 42.0 Å². The van der Waals surface area contributed by atoms with Crippen LogP contribution < -0.4 is 4.74 Å². The van der Waals surface area contributed by atoms with Crippen molar-refractivity contribution in [3.8, 4) is 17.6 Å². The lowest BCUT2D eigenvalue weighted by atomic mass is 9.87. The number of nitriles is 1. The quantitative estimate of drug-likeness (QED) is 0.534. The molecule has 0 heterocycles. The summed E-state index contributed by atoms with van der Waals surface area (Å²) in [5.74, 6) is -0.0548. The molecule has 0 bridgehead atoms. The highest BCUT2D eigenvalue weighted by molar-refractivity contribution is 5.87. The Balaban J connectivity index is 1.85. The van der Waals surface area contributed by atoms with Crippen molar-refractivity contribution >= 4 is 11.6 Å². The molecule has 0 fully saturated rings. The molecule has 1 N–H and O–H groups in total. The zero-order chi connectivity index (χ0) is 21.9. The molecule has 2 rings (SSSR count). The number of aromatic hydroxyl groups is 1. The normalized spacial score (nSPS) is 12.6. The van der Waals surface area contributed by atoms with E-state index in [1.165, 1.54) is 6.92 Å². The van der Waals surface area contributed by atoms with Gasteiger partial charge in [-0.1, -0.05) is 43.3 Å². The van der Waals surface area contributed by atoms with Crippen molar-refractivity contribution in [2.75, 3.05) is 0 Å². The summed E-state index contributed by atoms with van der Waals surface area (Å²) in [7, 11) is 0. The van der Waals surface area contributed by atoms with E-state index in [4.69, 9.17) is 10.00 Å². The first-order valence-corrected chi connectivity index (χ1v) is 10.3. The van der Waals surface area contributed by atoms with Gasteiger partial charge < -0.3 is 9.84 Å². The van der Waals surface area contributed by atoms with Crippen LogP contribution in [-0.4, -0.2) is 16.7 Å². The molecule has 0 radical (unpaired) electrons. The van der Waals surface area contributed by atoms with E-state index in [0.29, 0.717) is 31.6 Å². The first kappa shape index (κ1) is 23.2. The summed E-state index contributed by atoms with van der Waals surface area (Å²) >= 11 is 0. The molecule has 0 aliphatic carbocycles. The van der Waals surface area contributed by atoms with Gasteiger partial charge in [-0.2, -0.15) is 5.26 Å². The highest BCUT2D eigenvalue weighted by atomic mass is 16.5. The SMILES string of the molecule is CC(=O)C(CCC#N)CC(=O)C(C)CCc1ccc(OCc2ccccc2)c(O)c1. The molecule has 30 heavy (non-hydrogen) atoms. The van der Waals surface area contributed by atoms with E-state index in [1.807, 2.05) is 49.4 Å². The van der Waals surface area contributed by atoms with Crippen LogP contribution in [0.4, 0.5) is 0 Å². The zero-order valence-electron chi connectivity index (χ0n) is 17.6. The summed E-state index contributed by atoms with van der Waals surface area (Å²) in [6.07, 6.45) is 2.18. The van der Waals surface area contributed by atoms with Gasteiger partial charge in [-0.15, -0.1) is 0 Å². The van der Waals surface area contributed by atoms with Crippen LogP contribution >= 0.6 is 0 Å². The Morgan fingerprint density at radius 3 is 2.47 bits per heavy atom. The number of aryl methyl sites for hydroxylation is 1. The minimum Gasteiger partial charge on any atom is -0.504 e. The van der Waals surface area contributed by atoms with E-state index >= 15 is 0 Å². The van der Waals surface area contributed by atoms with Gasteiger partial charge in [0.05, 0.1) is 6.07 Å². The Hall–Kier alpha value is -3.13. The summed E-state index contributed by atoms with van der Waals surface area (Å²) in [4.78, 5) is 24.2. The van der Waals surface area contributed by atoms with Crippen molar-refractivity contribution in [1.82, 2.24) is 0 Å². The van der Waals surface area contributed by atoms with Crippen LogP contribution in [0.1, 0.15) is 50.7 Å². The Morgan fingerprint density at radius 2 is 1.83 bits per heavy atom. The molecule has 5 nitrogen and oxygen atoms in total. The number of carbonyl (C=O) groups excluding carboxylic acids is 2. The molecule has 0 amide bonds. The lowest BCUT2D eigenvalue weighted by Gasteiger charge is -2.15. The standard InChI is InChI=1S/C25H29NO4/c1-18(23(28)16-22(19(2)27)9-6-14-26)10-11-20-12-13-25(24(29)15-20)30-17-21-7-4-3-5-8-21/h3-5,7-8,12-13,15,18,22,29H,6,9-11,16-17H2,1-2H3. The van der Waals surface area contributed by atoms with Gasteiger partial charge in [-0.05, 0) is 49.4 Å². The van der Waals surface area contributed by atoms with Crippen molar-refractivity contribution in [3.05, 3.63) is 59.7 Å². The molecule has 0 spiro atoms. The maximum atomic E-state index is 12.5. The number of carbonyl (C=O) groups is 2. The molecule has 2 aromatic rings. The monoisotopic (exact) mass is 407 g/mol. The van der Waals surface area contributed by atoms with Gasteiger partial charge >= 0.3 is 0 Å². The fraction of sp³-hybridized carbons (Fsp3) is 0.400. The van der Waals surface area contributed by atoms with E-state index in [9.17, 15) is 14.7 Å². The number of nitrogens with zero attached hydrogens (tertiary/aromatic N) is 1. The number of phenolic OH excluding ortho intramolecular Hbond substituents is 1. The molecule has 0 aliphatic rings. The second-order valence-electron chi connectivity index (χ2n) is 7.69. The number of ether oxygens (including phenoxy) is 1. The van der Waals surface area contributed by atoms with E-state index in [2.05, 4.69) is 0 Å². The number of hydrogen-bond donors (Lipinski definition) is 1. The first-order valence-electron chi connectivity index (χ1n) is 10.3. The summed E-state index contributed by atoms with van der Waals surface area (Å²) < 4.78 is 5.68. The smallest absolute Gasteiger partial charge is 0.161 e. The fourth-order valence-electron chi connectivity index (χ4n) is 3.25. The molecule has 5 heteroatoms. The maximum absolute atomic E-state index is 12.5. The van der Waals surface area contributed by atoms with Crippen LogP contribution in [0.15, 0.2) is 48.5 Å². The molecule has 0 aromatic heterocycles. The summed E-state index contributed by atoms with van der Waals surface area (Å²) in [6.45, 7) is 3.72. The summed E-state index contributed by atoms with van der Waals surface area (Å²) in [5.41, 5.74) is 1.94. The molecular weight excluding hydrogens is 378 g/mol. The largest absolute Gasteiger partial charge is 0.504 e. The Kier molecular flexibility index (Phi) is 9.08. The minimum atomic E-state index is -0.371. The third-order valence-corrected chi connectivity index (χ3v) is 5.30. The average Bonchev–Trinajstić information content (AvgIpc) is 2.74. The topological polar surface area (TPSA) is 87.4 Å². The van der Waals surface area contributed by atoms with Crippen LogP contribution in [0.5, 0.6) is 11.5 Å². The molecule has 158 valence electrons.